The Morgan fingerprint density at radius 2 is 1.78 bits per heavy atom. The van der Waals surface area contributed by atoms with Crippen molar-refractivity contribution in [1.82, 2.24) is 5.32 Å². The van der Waals surface area contributed by atoms with Crippen molar-refractivity contribution < 1.29 is 18.0 Å². The van der Waals surface area contributed by atoms with Gasteiger partial charge in [-0.15, -0.1) is 0 Å². The van der Waals surface area contributed by atoms with Crippen LogP contribution in [0.15, 0.2) is 12.1 Å². The van der Waals surface area contributed by atoms with Crippen LogP contribution in [0.4, 0.5) is 18.9 Å². The zero-order valence-electron chi connectivity index (χ0n) is 10.4. The van der Waals surface area contributed by atoms with Gasteiger partial charge in [-0.1, -0.05) is 0 Å². The minimum atomic E-state index is -1.56. The quantitative estimate of drug-likeness (QED) is 0.819. The Morgan fingerprint density at radius 1 is 1.17 bits per heavy atom. The molecule has 0 heterocycles. The summed E-state index contributed by atoms with van der Waals surface area (Å²) in [6.07, 6.45) is 0. The third-order valence-corrected chi connectivity index (χ3v) is 1.99. The molecule has 1 aromatic carbocycles. The number of halogens is 3. The van der Waals surface area contributed by atoms with Crippen molar-refractivity contribution >= 4 is 11.6 Å². The number of anilines is 1. The minimum Gasteiger partial charge on any atom is -0.374 e. The third kappa shape index (κ3) is 3.94. The summed E-state index contributed by atoms with van der Waals surface area (Å²) in [6.45, 7) is 5.16. The van der Waals surface area contributed by atoms with Gasteiger partial charge in [0.15, 0.2) is 17.5 Å². The average molecular weight is 260 g/mol. The van der Waals surface area contributed by atoms with Gasteiger partial charge in [-0.3, -0.25) is 4.79 Å². The molecule has 0 bridgehead atoms. The van der Waals surface area contributed by atoms with Crippen molar-refractivity contribution in [2.24, 2.45) is 0 Å². The maximum Gasteiger partial charge on any atom is 0.239 e. The molecule has 1 rings (SSSR count). The molecule has 0 atom stereocenters. The first kappa shape index (κ1) is 14.3. The van der Waals surface area contributed by atoms with Crippen molar-refractivity contribution in [3.05, 3.63) is 29.6 Å². The second kappa shape index (κ2) is 5.29. The lowest BCUT2D eigenvalue weighted by molar-refractivity contribution is -0.120. The second-order valence-corrected chi connectivity index (χ2v) is 4.87. The van der Waals surface area contributed by atoms with Gasteiger partial charge in [0, 0.05) is 5.54 Å². The maximum atomic E-state index is 13.2. The second-order valence-electron chi connectivity index (χ2n) is 4.87. The van der Waals surface area contributed by atoms with Crippen molar-refractivity contribution in [1.29, 1.82) is 0 Å². The van der Waals surface area contributed by atoms with Crippen molar-refractivity contribution in [2.75, 3.05) is 11.9 Å². The summed E-state index contributed by atoms with van der Waals surface area (Å²) in [7, 11) is 0. The summed E-state index contributed by atoms with van der Waals surface area (Å²) < 4.78 is 38.8. The number of benzene rings is 1. The Kier molecular flexibility index (Phi) is 4.21. The molecule has 0 aliphatic carbocycles. The largest absolute Gasteiger partial charge is 0.374 e. The molecule has 0 radical (unpaired) electrons. The van der Waals surface area contributed by atoms with Crippen LogP contribution in [0.3, 0.4) is 0 Å². The molecule has 6 heteroatoms. The number of carbonyl (C=O) groups excluding carboxylic acids is 1. The summed E-state index contributed by atoms with van der Waals surface area (Å²) in [5, 5.41) is 5.05. The highest BCUT2D eigenvalue weighted by molar-refractivity contribution is 5.81. The first-order chi connectivity index (χ1) is 8.20. The van der Waals surface area contributed by atoms with Crippen molar-refractivity contribution in [3.8, 4) is 0 Å². The smallest absolute Gasteiger partial charge is 0.239 e. The predicted octanol–water partition coefficient (Wildman–Crippen LogP) is 2.43. The van der Waals surface area contributed by atoms with Crippen molar-refractivity contribution in [2.45, 2.75) is 26.3 Å². The van der Waals surface area contributed by atoms with Crippen LogP contribution in [0.25, 0.3) is 0 Å². The van der Waals surface area contributed by atoms with E-state index in [0.717, 1.165) is 12.1 Å². The third-order valence-electron chi connectivity index (χ3n) is 1.99. The van der Waals surface area contributed by atoms with E-state index in [0.29, 0.717) is 0 Å². The zero-order valence-corrected chi connectivity index (χ0v) is 10.4. The van der Waals surface area contributed by atoms with Crippen LogP contribution in [-0.2, 0) is 4.79 Å². The molecule has 0 fully saturated rings. The zero-order chi connectivity index (χ0) is 13.9. The first-order valence-electron chi connectivity index (χ1n) is 5.39. The molecule has 1 amide bonds. The number of hydrogen-bond acceptors (Lipinski definition) is 2. The van der Waals surface area contributed by atoms with Crippen LogP contribution >= 0.6 is 0 Å². The van der Waals surface area contributed by atoms with E-state index in [9.17, 15) is 18.0 Å². The Morgan fingerprint density at radius 3 is 2.33 bits per heavy atom. The Bertz CT molecular complexity index is 455. The lowest BCUT2D eigenvalue weighted by atomic mass is 10.1. The highest BCUT2D eigenvalue weighted by Crippen LogP contribution is 2.19. The maximum absolute atomic E-state index is 13.2. The predicted molar refractivity (Wildman–Crippen MR) is 62.7 cm³/mol. The molecule has 100 valence electrons. The van der Waals surface area contributed by atoms with E-state index in [1.54, 1.807) is 20.8 Å². The van der Waals surface area contributed by atoms with E-state index in [-0.39, 0.29) is 18.1 Å². The standard InChI is InChI=1S/C12H15F3N2O/c1-12(2,3)17-9(18)6-16-8-5-4-7(13)10(14)11(8)15/h4-5,16H,6H2,1-3H3,(H,17,18). The molecule has 18 heavy (non-hydrogen) atoms. The summed E-state index contributed by atoms with van der Waals surface area (Å²) in [5.41, 5.74) is -0.663. The molecule has 0 aliphatic rings. The molecule has 2 N–H and O–H groups in total. The Labute approximate surface area is 103 Å². The fourth-order valence-electron chi connectivity index (χ4n) is 1.30. The van der Waals surface area contributed by atoms with Gasteiger partial charge >= 0.3 is 0 Å². The summed E-state index contributed by atoms with van der Waals surface area (Å²) >= 11 is 0. The van der Waals surface area contributed by atoms with E-state index in [4.69, 9.17) is 0 Å². The van der Waals surface area contributed by atoms with Crippen LogP contribution in [0.1, 0.15) is 20.8 Å². The minimum absolute atomic E-state index is 0.223. The van der Waals surface area contributed by atoms with E-state index < -0.39 is 23.0 Å². The van der Waals surface area contributed by atoms with Crippen LogP contribution in [0.5, 0.6) is 0 Å². The van der Waals surface area contributed by atoms with Crippen LogP contribution in [-0.4, -0.2) is 18.0 Å². The van der Waals surface area contributed by atoms with Gasteiger partial charge in [-0.05, 0) is 32.9 Å². The van der Waals surface area contributed by atoms with E-state index in [1.807, 2.05) is 0 Å². The van der Waals surface area contributed by atoms with Crippen LogP contribution in [0.2, 0.25) is 0 Å². The molecule has 0 spiro atoms. The number of nitrogens with one attached hydrogen (secondary N) is 2. The molecule has 3 nitrogen and oxygen atoms in total. The molecule has 0 aliphatic heterocycles. The normalized spacial score (nSPS) is 11.2. The molecule has 0 saturated carbocycles. The Balaban J connectivity index is 2.65. The molecule has 0 unspecified atom stereocenters. The summed E-state index contributed by atoms with van der Waals surface area (Å²) in [4.78, 5) is 11.4. The molecular weight excluding hydrogens is 245 g/mol. The van der Waals surface area contributed by atoms with E-state index in [1.165, 1.54) is 0 Å². The summed E-state index contributed by atoms with van der Waals surface area (Å²) in [6, 6.07) is 1.83. The average Bonchev–Trinajstić information content (AvgIpc) is 2.22. The highest BCUT2D eigenvalue weighted by Gasteiger charge is 2.16. The monoisotopic (exact) mass is 260 g/mol. The van der Waals surface area contributed by atoms with Crippen LogP contribution in [0, 0.1) is 17.5 Å². The van der Waals surface area contributed by atoms with Gasteiger partial charge in [-0.25, -0.2) is 13.2 Å². The fourth-order valence-corrected chi connectivity index (χ4v) is 1.30. The molecule has 0 saturated heterocycles. The first-order valence-corrected chi connectivity index (χ1v) is 5.39. The SMILES string of the molecule is CC(C)(C)NC(=O)CNc1ccc(F)c(F)c1F. The van der Waals surface area contributed by atoms with Gasteiger partial charge in [0.25, 0.3) is 0 Å². The molecular formula is C12H15F3N2O. The fraction of sp³-hybridized carbons (Fsp3) is 0.417. The number of amides is 1. The number of hydrogen-bond donors (Lipinski definition) is 2. The topological polar surface area (TPSA) is 41.1 Å². The van der Waals surface area contributed by atoms with Crippen LogP contribution < -0.4 is 10.6 Å². The number of rotatable bonds is 3. The van der Waals surface area contributed by atoms with Gasteiger partial charge in [0.05, 0.1) is 12.2 Å². The highest BCUT2D eigenvalue weighted by atomic mass is 19.2. The van der Waals surface area contributed by atoms with E-state index in [2.05, 4.69) is 10.6 Å². The summed E-state index contributed by atoms with van der Waals surface area (Å²) in [5.74, 6) is -4.53. The van der Waals surface area contributed by atoms with Crippen molar-refractivity contribution in [3.63, 3.8) is 0 Å². The Hall–Kier alpha value is -1.72. The lowest BCUT2D eigenvalue weighted by Gasteiger charge is -2.20. The lowest BCUT2D eigenvalue weighted by Crippen LogP contribution is -2.43. The molecule has 0 aromatic heterocycles. The van der Waals surface area contributed by atoms with E-state index >= 15 is 0 Å². The van der Waals surface area contributed by atoms with Gasteiger partial charge in [0.2, 0.25) is 5.91 Å². The van der Waals surface area contributed by atoms with Gasteiger partial charge in [0.1, 0.15) is 0 Å². The van der Waals surface area contributed by atoms with Gasteiger partial charge in [-0.2, -0.15) is 0 Å². The number of carbonyl (C=O) groups is 1. The van der Waals surface area contributed by atoms with Gasteiger partial charge < -0.3 is 10.6 Å². The molecule has 1 aromatic rings.